The largest absolute Gasteiger partial charge is 0.294 e. The van der Waals surface area contributed by atoms with Gasteiger partial charge in [-0.2, -0.15) is 5.10 Å². The molecule has 2 aromatic heterocycles. The van der Waals surface area contributed by atoms with Crippen LogP contribution in [0.15, 0.2) is 29.1 Å². The number of fused-ring (bicyclic) bond motifs is 2. The van der Waals surface area contributed by atoms with Gasteiger partial charge in [0, 0.05) is 24.7 Å². The Hall–Kier alpha value is -2.18. The summed E-state index contributed by atoms with van der Waals surface area (Å²) in [6, 6.07) is 8.33. The molecular weight excluding hydrogens is 374 g/mol. The van der Waals surface area contributed by atoms with Crippen LogP contribution in [0.2, 0.25) is 5.02 Å². The lowest BCUT2D eigenvalue weighted by atomic mass is 10.2. The Labute approximate surface area is 168 Å². The molecule has 0 atom stereocenters. The molecule has 1 saturated carbocycles. The van der Waals surface area contributed by atoms with Crippen molar-refractivity contribution in [1.29, 1.82) is 0 Å². The smallest absolute Gasteiger partial charge is 0.265 e. The van der Waals surface area contributed by atoms with Gasteiger partial charge in [0.2, 0.25) is 0 Å². The van der Waals surface area contributed by atoms with Crippen molar-refractivity contribution in [2.45, 2.75) is 58.3 Å². The zero-order chi connectivity index (χ0) is 19.3. The van der Waals surface area contributed by atoms with E-state index in [0.717, 1.165) is 48.1 Å². The first-order valence-corrected chi connectivity index (χ1v) is 10.4. The van der Waals surface area contributed by atoms with Crippen LogP contribution in [-0.2, 0) is 19.6 Å². The summed E-state index contributed by atoms with van der Waals surface area (Å²) in [7, 11) is 0. The zero-order valence-electron chi connectivity index (χ0n) is 16.1. The SMILES string of the molecule is Cc1nn(C2CCCC2)c2nc3n(c(=O)c12)CCN(Cc1ccc(Cl)cc1)C3. The van der Waals surface area contributed by atoms with Crippen LogP contribution in [0.25, 0.3) is 11.0 Å². The van der Waals surface area contributed by atoms with Crippen LogP contribution < -0.4 is 5.56 Å². The Balaban J connectivity index is 1.50. The van der Waals surface area contributed by atoms with Crippen molar-refractivity contribution < 1.29 is 0 Å². The van der Waals surface area contributed by atoms with E-state index in [1.807, 2.05) is 28.3 Å². The molecule has 7 heteroatoms. The predicted molar refractivity (Wildman–Crippen MR) is 110 cm³/mol. The van der Waals surface area contributed by atoms with Gasteiger partial charge < -0.3 is 0 Å². The molecule has 3 heterocycles. The van der Waals surface area contributed by atoms with Crippen LogP contribution >= 0.6 is 11.6 Å². The fraction of sp³-hybridized carbons (Fsp3) is 0.476. The molecule has 0 spiro atoms. The molecule has 0 N–H and O–H groups in total. The van der Waals surface area contributed by atoms with Gasteiger partial charge in [-0.15, -0.1) is 0 Å². The highest BCUT2D eigenvalue weighted by Crippen LogP contribution is 2.31. The molecule has 2 aliphatic rings. The number of halogens is 1. The lowest BCUT2D eigenvalue weighted by molar-refractivity contribution is 0.204. The number of hydrogen-bond donors (Lipinski definition) is 0. The van der Waals surface area contributed by atoms with Gasteiger partial charge in [0.1, 0.15) is 11.2 Å². The predicted octanol–water partition coefficient (Wildman–Crippen LogP) is 3.69. The van der Waals surface area contributed by atoms with Crippen LogP contribution in [0.3, 0.4) is 0 Å². The van der Waals surface area contributed by atoms with Gasteiger partial charge in [0.25, 0.3) is 5.56 Å². The number of aromatic nitrogens is 4. The fourth-order valence-electron chi connectivity index (χ4n) is 4.59. The third-order valence-corrected chi connectivity index (χ3v) is 6.31. The minimum Gasteiger partial charge on any atom is -0.294 e. The van der Waals surface area contributed by atoms with Crippen molar-refractivity contribution in [3.63, 3.8) is 0 Å². The third-order valence-electron chi connectivity index (χ3n) is 6.06. The highest BCUT2D eigenvalue weighted by Gasteiger charge is 2.26. The Kier molecular flexibility index (Phi) is 4.48. The minimum absolute atomic E-state index is 0.0629. The van der Waals surface area contributed by atoms with E-state index < -0.39 is 0 Å². The third kappa shape index (κ3) is 3.05. The number of rotatable bonds is 3. The quantitative estimate of drug-likeness (QED) is 0.676. The van der Waals surface area contributed by atoms with Gasteiger partial charge in [0.15, 0.2) is 5.65 Å². The average molecular weight is 398 g/mol. The van der Waals surface area contributed by atoms with Crippen molar-refractivity contribution in [1.82, 2.24) is 24.2 Å². The van der Waals surface area contributed by atoms with E-state index in [4.69, 9.17) is 21.7 Å². The molecule has 146 valence electrons. The van der Waals surface area contributed by atoms with Gasteiger partial charge >= 0.3 is 0 Å². The lowest BCUT2D eigenvalue weighted by Crippen LogP contribution is -2.39. The molecule has 6 nitrogen and oxygen atoms in total. The molecule has 0 amide bonds. The highest BCUT2D eigenvalue weighted by molar-refractivity contribution is 6.30. The Morgan fingerprint density at radius 2 is 1.89 bits per heavy atom. The molecule has 0 saturated heterocycles. The standard InChI is InChI=1S/C21H24ClN5O/c1-14-19-20(27(24-14)17-4-2-3-5-17)23-18-13-25(10-11-26(18)21(19)28)12-15-6-8-16(22)9-7-15/h6-9,17H,2-5,10-13H2,1H3. The Bertz CT molecular complexity index is 1080. The van der Waals surface area contributed by atoms with Crippen LogP contribution in [0, 0.1) is 6.92 Å². The van der Waals surface area contributed by atoms with Crippen molar-refractivity contribution >= 4 is 22.6 Å². The van der Waals surface area contributed by atoms with E-state index in [-0.39, 0.29) is 5.56 Å². The summed E-state index contributed by atoms with van der Waals surface area (Å²) in [6.07, 6.45) is 4.70. The van der Waals surface area contributed by atoms with E-state index in [0.29, 0.717) is 24.5 Å². The maximum absolute atomic E-state index is 13.2. The van der Waals surface area contributed by atoms with Gasteiger partial charge in [-0.3, -0.25) is 14.3 Å². The zero-order valence-corrected chi connectivity index (χ0v) is 16.8. The molecule has 5 rings (SSSR count). The summed E-state index contributed by atoms with van der Waals surface area (Å²) in [5, 5.41) is 6.16. The van der Waals surface area contributed by atoms with Gasteiger partial charge in [0.05, 0.1) is 18.3 Å². The molecular formula is C21H24ClN5O. The van der Waals surface area contributed by atoms with Crippen LogP contribution in [0.1, 0.15) is 48.8 Å². The number of hydrogen-bond acceptors (Lipinski definition) is 4. The van der Waals surface area contributed by atoms with E-state index in [1.54, 1.807) is 0 Å². The summed E-state index contributed by atoms with van der Waals surface area (Å²) >= 11 is 5.99. The second-order valence-corrected chi connectivity index (χ2v) is 8.43. The molecule has 3 aromatic rings. The van der Waals surface area contributed by atoms with Crippen LogP contribution in [-0.4, -0.2) is 30.8 Å². The van der Waals surface area contributed by atoms with Crippen molar-refractivity contribution in [2.75, 3.05) is 6.54 Å². The van der Waals surface area contributed by atoms with Crippen molar-refractivity contribution in [3.05, 3.63) is 56.7 Å². The fourth-order valence-corrected chi connectivity index (χ4v) is 4.71. The lowest BCUT2D eigenvalue weighted by Gasteiger charge is -2.29. The summed E-state index contributed by atoms with van der Waals surface area (Å²) in [5.74, 6) is 0.844. The molecule has 0 bridgehead atoms. The van der Waals surface area contributed by atoms with Crippen LogP contribution in [0.4, 0.5) is 0 Å². The van der Waals surface area contributed by atoms with Crippen molar-refractivity contribution in [3.8, 4) is 0 Å². The molecule has 0 unspecified atom stereocenters. The first-order chi connectivity index (χ1) is 13.6. The summed E-state index contributed by atoms with van der Waals surface area (Å²) in [4.78, 5) is 20.4. The van der Waals surface area contributed by atoms with Crippen molar-refractivity contribution in [2.24, 2.45) is 0 Å². The molecule has 1 aromatic carbocycles. The number of nitrogens with zero attached hydrogens (tertiary/aromatic N) is 5. The second kappa shape index (κ2) is 7.01. The Morgan fingerprint density at radius 1 is 1.14 bits per heavy atom. The first kappa shape index (κ1) is 17.9. The van der Waals surface area contributed by atoms with E-state index in [9.17, 15) is 4.79 Å². The summed E-state index contributed by atoms with van der Waals surface area (Å²) in [5.41, 5.74) is 2.85. The van der Waals surface area contributed by atoms with Gasteiger partial charge in [-0.1, -0.05) is 36.6 Å². The topological polar surface area (TPSA) is 56.0 Å². The maximum Gasteiger partial charge on any atom is 0.265 e. The number of benzene rings is 1. The molecule has 1 aliphatic heterocycles. The van der Waals surface area contributed by atoms with Gasteiger partial charge in [-0.05, 0) is 37.5 Å². The number of aryl methyl sites for hydroxylation is 1. The molecule has 28 heavy (non-hydrogen) atoms. The Morgan fingerprint density at radius 3 is 2.64 bits per heavy atom. The molecule has 0 radical (unpaired) electrons. The molecule has 1 aliphatic carbocycles. The first-order valence-electron chi connectivity index (χ1n) is 10.1. The summed E-state index contributed by atoms with van der Waals surface area (Å²) in [6.45, 7) is 4.92. The normalized spacial score (nSPS) is 18.1. The van der Waals surface area contributed by atoms with E-state index >= 15 is 0 Å². The monoisotopic (exact) mass is 397 g/mol. The van der Waals surface area contributed by atoms with Crippen LogP contribution in [0.5, 0.6) is 0 Å². The van der Waals surface area contributed by atoms with Gasteiger partial charge in [-0.25, -0.2) is 9.67 Å². The second-order valence-electron chi connectivity index (χ2n) is 7.99. The molecule has 1 fully saturated rings. The average Bonchev–Trinajstić information content (AvgIpc) is 3.32. The minimum atomic E-state index is 0.0629. The summed E-state index contributed by atoms with van der Waals surface area (Å²) < 4.78 is 3.87. The maximum atomic E-state index is 13.2. The van der Waals surface area contributed by atoms with E-state index in [1.165, 1.54) is 18.4 Å². The highest BCUT2D eigenvalue weighted by atomic mass is 35.5. The van der Waals surface area contributed by atoms with E-state index in [2.05, 4.69) is 17.0 Å².